The van der Waals surface area contributed by atoms with E-state index in [0.717, 1.165) is 0 Å². The number of methoxy groups -OCH3 is 1. The van der Waals surface area contributed by atoms with Gasteiger partial charge < -0.3 is 10.5 Å². The minimum absolute atomic E-state index is 0.0187. The smallest absolute Gasteiger partial charge is 0.241 e. The first-order valence-electron chi connectivity index (χ1n) is 6.84. The number of hydrogen-bond acceptors (Lipinski definition) is 4. The van der Waals surface area contributed by atoms with E-state index in [9.17, 15) is 8.42 Å². The third kappa shape index (κ3) is 5.21. The minimum atomic E-state index is -3.63. The first-order chi connectivity index (χ1) is 9.36. The molecular weight excluding hydrogens is 288 g/mol. The molecule has 0 unspecified atom stereocenters. The summed E-state index contributed by atoms with van der Waals surface area (Å²) in [5.74, 6) is 0.353. The van der Waals surface area contributed by atoms with Gasteiger partial charge >= 0.3 is 0 Å². The largest absolute Gasteiger partial charge is 0.495 e. The topological polar surface area (TPSA) is 81.4 Å². The summed E-state index contributed by atoms with van der Waals surface area (Å²) in [7, 11) is -2.17. The predicted molar refractivity (Wildman–Crippen MR) is 85.9 cm³/mol. The molecular formula is C15H26N2O3S. The number of nitrogens with two attached hydrogens (primary N) is 1. The molecule has 0 aromatic heterocycles. The maximum atomic E-state index is 12.5. The average molecular weight is 314 g/mol. The monoisotopic (exact) mass is 314 g/mol. The minimum Gasteiger partial charge on any atom is -0.495 e. The molecule has 0 aliphatic carbocycles. The highest BCUT2D eigenvalue weighted by Crippen LogP contribution is 2.29. The van der Waals surface area contributed by atoms with Crippen LogP contribution in [0.2, 0.25) is 0 Å². The summed E-state index contributed by atoms with van der Waals surface area (Å²) in [6.45, 7) is 9.99. The third-order valence-electron chi connectivity index (χ3n) is 2.90. The molecule has 120 valence electrons. The summed E-state index contributed by atoms with van der Waals surface area (Å²) in [6.07, 6.45) is 0.714. The zero-order chi connectivity index (χ0) is 16.5. The van der Waals surface area contributed by atoms with Crippen LogP contribution in [-0.2, 0) is 10.0 Å². The van der Waals surface area contributed by atoms with Gasteiger partial charge in [-0.1, -0.05) is 20.8 Å². The summed E-state index contributed by atoms with van der Waals surface area (Å²) in [6, 6.07) is 4.45. The van der Waals surface area contributed by atoms with Crippen LogP contribution in [0.15, 0.2) is 23.1 Å². The van der Waals surface area contributed by atoms with E-state index in [1.165, 1.54) is 25.3 Å². The second-order valence-corrected chi connectivity index (χ2v) is 8.81. The maximum absolute atomic E-state index is 12.5. The van der Waals surface area contributed by atoms with Gasteiger partial charge in [-0.15, -0.1) is 0 Å². The number of ether oxygens (including phenoxy) is 1. The lowest BCUT2D eigenvalue weighted by Gasteiger charge is -2.33. The zero-order valence-electron chi connectivity index (χ0n) is 13.6. The van der Waals surface area contributed by atoms with Crippen molar-refractivity contribution in [3.05, 3.63) is 18.2 Å². The number of nitrogen functional groups attached to an aromatic ring is 1. The highest BCUT2D eigenvalue weighted by molar-refractivity contribution is 7.89. The molecule has 0 aliphatic heterocycles. The Balaban J connectivity index is 3.07. The van der Waals surface area contributed by atoms with Gasteiger partial charge in [0.15, 0.2) is 0 Å². The second kappa shape index (κ2) is 5.85. The van der Waals surface area contributed by atoms with Crippen molar-refractivity contribution in [2.24, 2.45) is 5.41 Å². The number of rotatable bonds is 5. The molecule has 0 aliphatic rings. The first-order valence-corrected chi connectivity index (χ1v) is 8.32. The van der Waals surface area contributed by atoms with Gasteiger partial charge in [0.25, 0.3) is 0 Å². The predicted octanol–water partition coefficient (Wildman–Crippen LogP) is 2.77. The Labute approximate surface area is 127 Å². The van der Waals surface area contributed by atoms with Gasteiger partial charge in [0.1, 0.15) is 5.75 Å². The van der Waals surface area contributed by atoms with Crippen molar-refractivity contribution in [2.75, 3.05) is 12.8 Å². The number of hydrogen-bond donors (Lipinski definition) is 2. The normalized spacial score (nSPS) is 13.2. The molecule has 3 N–H and O–H groups in total. The molecule has 0 saturated carbocycles. The Bertz CT molecular complexity index is 602. The van der Waals surface area contributed by atoms with E-state index in [4.69, 9.17) is 10.5 Å². The maximum Gasteiger partial charge on any atom is 0.241 e. The van der Waals surface area contributed by atoms with Gasteiger partial charge in [-0.25, -0.2) is 13.1 Å². The van der Waals surface area contributed by atoms with Gasteiger partial charge in [0, 0.05) is 11.6 Å². The van der Waals surface area contributed by atoms with Crippen molar-refractivity contribution >= 4 is 15.7 Å². The summed E-state index contributed by atoms with van der Waals surface area (Å²) in [5, 5.41) is 0. The molecule has 0 saturated heterocycles. The number of anilines is 1. The highest BCUT2D eigenvalue weighted by Gasteiger charge is 2.30. The lowest BCUT2D eigenvalue weighted by molar-refractivity contribution is 0.269. The van der Waals surface area contributed by atoms with Crippen molar-refractivity contribution in [3.8, 4) is 5.75 Å². The van der Waals surface area contributed by atoms with E-state index < -0.39 is 15.6 Å². The quantitative estimate of drug-likeness (QED) is 0.819. The van der Waals surface area contributed by atoms with E-state index in [-0.39, 0.29) is 10.3 Å². The summed E-state index contributed by atoms with van der Waals surface area (Å²) >= 11 is 0. The SMILES string of the molecule is COc1cc(S(=O)(=O)NC(C)(C)CC(C)(C)C)ccc1N. The molecule has 6 heteroatoms. The fraction of sp³-hybridized carbons (Fsp3) is 0.600. The summed E-state index contributed by atoms with van der Waals surface area (Å²) < 4.78 is 32.8. The molecule has 1 aromatic carbocycles. The molecule has 5 nitrogen and oxygen atoms in total. The van der Waals surface area contributed by atoms with Gasteiger partial charge in [-0.2, -0.15) is 0 Å². The van der Waals surface area contributed by atoms with Gasteiger partial charge in [-0.3, -0.25) is 0 Å². The number of benzene rings is 1. The molecule has 0 amide bonds. The van der Waals surface area contributed by atoms with Crippen molar-refractivity contribution in [3.63, 3.8) is 0 Å². The Morgan fingerprint density at radius 1 is 1.19 bits per heavy atom. The Kier molecular flexibility index (Phi) is 4.95. The van der Waals surface area contributed by atoms with Crippen LogP contribution in [0.25, 0.3) is 0 Å². The molecule has 0 heterocycles. The molecule has 0 fully saturated rings. The summed E-state index contributed by atoms with van der Waals surface area (Å²) in [4.78, 5) is 0.149. The van der Waals surface area contributed by atoms with Crippen molar-refractivity contribution in [2.45, 2.75) is 51.5 Å². The van der Waals surface area contributed by atoms with E-state index >= 15 is 0 Å². The highest BCUT2D eigenvalue weighted by atomic mass is 32.2. The first kappa shape index (κ1) is 17.8. The standard InChI is InChI=1S/C15H26N2O3S/c1-14(2,3)10-15(4,5)17-21(18,19)11-7-8-12(16)13(9-11)20-6/h7-9,17H,10,16H2,1-6H3. The fourth-order valence-corrected chi connectivity index (χ4v) is 4.07. The van der Waals surface area contributed by atoms with Crippen LogP contribution in [0.5, 0.6) is 5.75 Å². The van der Waals surface area contributed by atoms with E-state index in [0.29, 0.717) is 17.9 Å². The van der Waals surface area contributed by atoms with Crippen LogP contribution in [-0.4, -0.2) is 21.1 Å². The fourth-order valence-electron chi connectivity index (χ4n) is 2.64. The van der Waals surface area contributed by atoms with E-state index in [2.05, 4.69) is 25.5 Å². The third-order valence-corrected chi connectivity index (χ3v) is 4.59. The Morgan fingerprint density at radius 3 is 2.24 bits per heavy atom. The molecule has 0 bridgehead atoms. The molecule has 0 spiro atoms. The number of sulfonamides is 1. The molecule has 21 heavy (non-hydrogen) atoms. The average Bonchev–Trinajstić information content (AvgIpc) is 2.24. The van der Waals surface area contributed by atoms with Crippen molar-refractivity contribution in [1.29, 1.82) is 0 Å². The van der Waals surface area contributed by atoms with Crippen LogP contribution < -0.4 is 15.2 Å². The lowest BCUT2D eigenvalue weighted by Crippen LogP contribution is -2.45. The molecule has 1 aromatic rings. The van der Waals surface area contributed by atoms with Gasteiger partial charge in [-0.05, 0) is 37.8 Å². The second-order valence-electron chi connectivity index (χ2n) is 7.13. The Morgan fingerprint density at radius 2 is 1.76 bits per heavy atom. The van der Waals surface area contributed by atoms with Crippen molar-refractivity contribution in [1.82, 2.24) is 4.72 Å². The van der Waals surface area contributed by atoms with Crippen LogP contribution in [0.1, 0.15) is 41.0 Å². The molecule has 0 radical (unpaired) electrons. The van der Waals surface area contributed by atoms with Crippen LogP contribution in [0.3, 0.4) is 0 Å². The lowest BCUT2D eigenvalue weighted by atomic mass is 9.82. The van der Waals surface area contributed by atoms with Crippen LogP contribution in [0.4, 0.5) is 5.69 Å². The Hall–Kier alpha value is -1.27. The van der Waals surface area contributed by atoms with Gasteiger partial charge in [0.2, 0.25) is 10.0 Å². The van der Waals surface area contributed by atoms with Crippen LogP contribution >= 0.6 is 0 Å². The molecule has 0 atom stereocenters. The molecule has 1 rings (SSSR count). The van der Waals surface area contributed by atoms with Gasteiger partial charge in [0.05, 0.1) is 17.7 Å². The number of nitrogens with one attached hydrogen (secondary N) is 1. The van der Waals surface area contributed by atoms with Crippen molar-refractivity contribution < 1.29 is 13.2 Å². The summed E-state index contributed by atoms with van der Waals surface area (Å²) in [5.41, 5.74) is 5.59. The van der Waals surface area contributed by atoms with E-state index in [1.54, 1.807) is 0 Å². The zero-order valence-corrected chi connectivity index (χ0v) is 14.5. The van der Waals surface area contributed by atoms with E-state index in [1.807, 2.05) is 13.8 Å². The van der Waals surface area contributed by atoms with Crippen LogP contribution in [0, 0.1) is 5.41 Å².